The molecular weight excluding hydrogens is 333 g/mol. The van der Waals surface area contributed by atoms with E-state index in [0.29, 0.717) is 10.4 Å². The van der Waals surface area contributed by atoms with Crippen molar-refractivity contribution < 1.29 is 14.3 Å². The van der Waals surface area contributed by atoms with Gasteiger partial charge >= 0.3 is 5.97 Å². The standard InChI is InChI=1S/C11H8Cl3NO3S/c1-4-7(9(16)11(12,13)14)8-6(19-4)3-5(15-8)10(17)18-2/h3,15H,1-2H3. The molecule has 1 N–H and O–H groups in total. The van der Waals surface area contributed by atoms with E-state index in [2.05, 4.69) is 9.72 Å². The molecule has 0 bridgehead atoms. The van der Waals surface area contributed by atoms with Gasteiger partial charge in [0.15, 0.2) is 0 Å². The molecule has 0 aliphatic heterocycles. The van der Waals surface area contributed by atoms with Crippen LogP contribution in [0.5, 0.6) is 0 Å². The van der Waals surface area contributed by atoms with Gasteiger partial charge in [0.05, 0.1) is 22.9 Å². The van der Waals surface area contributed by atoms with E-state index in [1.165, 1.54) is 18.4 Å². The van der Waals surface area contributed by atoms with Crippen molar-refractivity contribution in [3.63, 3.8) is 0 Å². The van der Waals surface area contributed by atoms with Crippen molar-refractivity contribution in [2.45, 2.75) is 10.7 Å². The number of rotatable bonds is 2. The minimum atomic E-state index is -2.03. The Hall–Kier alpha value is -0.750. The first-order valence-electron chi connectivity index (χ1n) is 5.07. The molecule has 19 heavy (non-hydrogen) atoms. The molecule has 0 fully saturated rings. The average Bonchev–Trinajstić information content (AvgIpc) is 2.82. The molecule has 2 aromatic heterocycles. The van der Waals surface area contributed by atoms with Crippen molar-refractivity contribution in [1.82, 2.24) is 4.98 Å². The molecule has 0 aromatic carbocycles. The summed E-state index contributed by atoms with van der Waals surface area (Å²) in [4.78, 5) is 27.1. The van der Waals surface area contributed by atoms with Crippen molar-refractivity contribution in [1.29, 1.82) is 0 Å². The number of methoxy groups -OCH3 is 1. The summed E-state index contributed by atoms with van der Waals surface area (Å²) in [6, 6.07) is 1.61. The van der Waals surface area contributed by atoms with Gasteiger partial charge in [-0.05, 0) is 13.0 Å². The minimum absolute atomic E-state index is 0.252. The first-order chi connectivity index (χ1) is 8.75. The Balaban J connectivity index is 2.61. The maximum Gasteiger partial charge on any atom is 0.354 e. The number of aromatic amines is 1. The number of aromatic nitrogens is 1. The first kappa shape index (κ1) is 14.7. The summed E-state index contributed by atoms with van der Waals surface area (Å²) in [6.45, 7) is 1.75. The van der Waals surface area contributed by atoms with Gasteiger partial charge in [-0.15, -0.1) is 11.3 Å². The van der Waals surface area contributed by atoms with Crippen molar-refractivity contribution >= 4 is 68.1 Å². The Bertz CT molecular complexity index is 669. The van der Waals surface area contributed by atoms with Gasteiger partial charge in [0.2, 0.25) is 5.78 Å². The van der Waals surface area contributed by atoms with Gasteiger partial charge in [-0.1, -0.05) is 34.8 Å². The third kappa shape index (κ3) is 2.60. The van der Waals surface area contributed by atoms with E-state index in [9.17, 15) is 9.59 Å². The Morgan fingerprint density at radius 1 is 1.37 bits per heavy atom. The van der Waals surface area contributed by atoms with Crippen LogP contribution in [0.2, 0.25) is 0 Å². The number of alkyl halides is 3. The van der Waals surface area contributed by atoms with Gasteiger partial charge in [-0.25, -0.2) is 4.79 Å². The summed E-state index contributed by atoms with van der Waals surface area (Å²) in [5.41, 5.74) is 1.02. The number of carbonyl (C=O) groups excluding carboxylic acids is 2. The van der Waals surface area contributed by atoms with Crippen LogP contribution < -0.4 is 0 Å². The number of halogens is 3. The second-order valence-electron chi connectivity index (χ2n) is 3.77. The molecule has 8 heteroatoms. The van der Waals surface area contributed by atoms with Crippen LogP contribution in [0, 0.1) is 6.92 Å². The molecule has 0 amide bonds. The van der Waals surface area contributed by atoms with Crippen molar-refractivity contribution in [3.8, 4) is 0 Å². The lowest BCUT2D eigenvalue weighted by Crippen LogP contribution is -2.19. The molecule has 2 aromatic rings. The smallest absolute Gasteiger partial charge is 0.354 e. The maximum atomic E-state index is 12.1. The topological polar surface area (TPSA) is 59.2 Å². The Morgan fingerprint density at radius 3 is 2.53 bits per heavy atom. The number of fused-ring (bicyclic) bond motifs is 1. The molecule has 0 unspecified atom stereocenters. The minimum Gasteiger partial charge on any atom is -0.464 e. The number of aryl methyl sites for hydroxylation is 1. The van der Waals surface area contributed by atoms with Crippen LogP contribution in [-0.2, 0) is 4.74 Å². The van der Waals surface area contributed by atoms with E-state index in [-0.39, 0.29) is 11.3 Å². The van der Waals surface area contributed by atoms with Crippen LogP contribution in [0.15, 0.2) is 6.07 Å². The normalized spacial score (nSPS) is 11.8. The van der Waals surface area contributed by atoms with E-state index >= 15 is 0 Å². The molecule has 0 spiro atoms. The van der Waals surface area contributed by atoms with E-state index in [0.717, 1.165) is 4.70 Å². The summed E-state index contributed by atoms with van der Waals surface area (Å²) in [6.07, 6.45) is 0. The largest absolute Gasteiger partial charge is 0.464 e. The third-order valence-electron chi connectivity index (χ3n) is 2.54. The van der Waals surface area contributed by atoms with Crippen molar-refractivity contribution in [3.05, 3.63) is 22.2 Å². The number of carbonyl (C=O) groups is 2. The van der Waals surface area contributed by atoms with E-state index in [1.54, 1.807) is 13.0 Å². The van der Waals surface area contributed by atoms with Crippen LogP contribution in [0.25, 0.3) is 10.2 Å². The van der Waals surface area contributed by atoms with Gasteiger partial charge in [0.25, 0.3) is 3.79 Å². The summed E-state index contributed by atoms with van der Waals surface area (Å²) < 4.78 is 3.30. The van der Waals surface area contributed by atoms with Gasteiger partial charge < -0.3 is 9.72 Å². The molecule has 0 atom stereocenters. The van der Waals surface area contributed by atoms with Crippen LogP contribution in [0.1, 0.15) is 25.7 Å². The Morgan fingerprint density at radius 2 is 2.00 bits per heavy atom. The Kier molecular flexibility index (Phi) is 3.84. The van der Waals surface area contributed by atoms with Crippen LogP contribution >= 0.6 is 46.1 Å². The van der Waals surface area contributed by atoms with Crippen molar-refractivity contribution in [2.75, 3.05) is 7.11 Å². The van der Waals surface area contributed by atoms with Crippen LogP contribution in [0.4, 0.5) is 0 Å². The number of H-pyrrole nitrogens is 1. The number of esters is 1. The highest BCUT2D eigenvalue weighted by molar-refractivity contribution is 7.19. The second-order valence-corrected chi connectivity index (χ2v) is 7.31. The molecule has 0 radical (unpaired) electrons. The molecule has 4 nitrogen and oxygen atoms in total. The number of ketones is 1. The monoisotopic (exact) mass is 339 g/mol. The number of ether oxygens (including phenoxy) is 1. The fourth-order valence-corrected chi connectivity index (χ4v) is 3.07. The number of thiophene rings is 1. The molecule has 0 saturated heterocycles. The molecule has 2 rings (SSSR count). The summed E-state index contributed by atoms with van der Waals surface area (Å²) in [5, 5.41) is 0. The predicted molar refractivity (Wildman–Crippen MR) is 76.9 cm³/mol. The van der Waals surface area contributed by atoms with Crippen molar-refractivity contribution in [2.24, 2.45) is 0 Å². The molecule has 0 aliphatic carbocycles. The molecule has 0 aliphatic rings. The first-order valence-corrected chi connectivity index (χ1v) is 7.02. The van der Waals surface area contributed by atoms with Crippen LogP contribution in [0.3, 0.4) is 0 Å². The number of nitrogens with one attached hydrogen (secondary N) is 1. The Labute approximate surface area is 127 Å². The second kappa shape index (κ2) is 4.98. The van der Waals surface area contributed by atoms with E-state index in [4.69, 9.17) is 34.8 Å². The molecule has 102 valence electrons. The number of Topliss-reactive ketones (excluding diaryl/α,β-unsaturated/α-hetero) is 1. The highest BCUT2D eigenvalue weighted by atomic mass is 35.6. The highest BCUT2D eigenvalue weighted by Gasteiger charge is 2.35. The van der Waals surface area contributed by atoms with Crippen LogP contribution in [-0.4, -0.2) is 27.6 Å². The zero-order valence-corrected chi connectivity index (χ0v) is 12.9. The zero-order valence-electron chi connectivity index (χ0n) is 9.84. The maximum absolute atomic E-state index is 12.1. The lowest BCUT2D eigenvalue weighted by molar-refractivity contribution is 0.0595. The van der Waals surface area contributed by atoms with Gasteiger partial charge in [0.1, 0.15) is 5.69 Å². The van der Waals surface area contributed by atoms with Gasteiger partial charge in [0, 0.05) is 4.88 Å². The average molecular weight is 341 g/mol. The fourth-order valence-electron chi connectivity index (χ4n) is 1.73. The lowest BCUT2D eigenvalue weighted by atomic mass is 10.1. The SMILES string of the molecule is COC(=O)c1cc2sc(C)c(C(=O)C(Cl)(Cl)Cl)c2[nH]1. The summed E-state index contributed by atoms with van der Waals surface area (Å²) >= 11 is 18.2. The summed E-state index contributed by atoms with van der Waals surface area (Å²) in [5.74, 6) is -1.15. The zero-order chi connectivity index (χ0) is 14.4. The van der Waals surface area contributed by atoms with Gasteiger partial charge in [-0.2, -0.15) is 0 Å². The number of hydrogen-bond acceptors (Lipinski definition) is 4. The predicted octanol–water partition coefficient (Wildman–Crippen LogP) is 3.88. The molecular formula is C11H8Cl3NO3S. The third-order valence-corrected chi connectivity index (χ3v) is 4.10. The molecule has 2 heterocycles. The highest BCUT2D eigenvalue weighted by Crippen LogP contribution is 2.38. The van der Waals surface area contributed by atoms with E-state index in [1.807, 2.05) is 0 Å². The lowest BCUT2D eigenvalue weighted by Gasteiger charge is -2.08. The quantitative estimate of drug-likeness (QED) is 0.513. The summed E-state index contributed by atoms with van der Waals surface area (Å²) in [7, 11) is 1.27. The number of hydrogen-bond donors (Lipinski definition) is 1. The molecule has 0 saturated carbocycles. The fraction of sp³-hybridized carbons (Fsp3) is 0.273. The van der Waals surface area contributed by atoms with E-state index < -0.39 is 15.5 Å². The van der Waals surface area contributed by atoms with Gasteiger partial charge in [-0.3, -0.25) is 4.79 Å².